The highest BCUT2D eigenvalue weighted by Crippen LogP contribution is 2.34. The molecule has 1 aliphatic rings. The molecule has 3 unspecified atom stereocenters. The van der Waals surface area contributed by atoms with Crippen LogP contribution in [0.15, 0.2) is 36.4 Å². The lowest BCUT2D eigenvalue weighted by molar-refractivity contribution is 0.0727. The summed E-state index contributed by atoms with van der Waals surface area (Å²) in [5.74, 6) is 0.536. The van der Waals surface area contributed by atoms with Crippen molar-refractivity contribution in [1.82, 2.24) is 0 Å². The Morgan fingerprint density at radius 2 is 2.00 bits per heavy atom. The van der Waals surface area contributed by atoms with Gasteiger partial charge in [-0.05, 0) is 41.2 Å². The minimum Gasteiger partial charge on any atom is -0.376 e. The third-order valence-electron chi connectivity index (χ3n) is 4.32. The molecule has 1 heterocycles. The Kier molecular flexibility index (Phi) is 3.29. The fourth-order valence-corrected chi connectivity index (χ4v) is 3.19. The van der Waals surface area contributed by atoms with Crippen LogP contribution in [0.5, 0.6) is 0 Å². The van der Waals surface area contributed by atoms with Crippen molar-refractivity contribution >= 4 is 10.8 Å². The van der Waals surface area contributed by atoms with Gasteiger partial charge in [-0.2, -0.15) is 0 Å². The first-order valence-corrected chi connectivity index (χ1v) is 7.04. The summed E-state index contributed by atoms with van der Waals surface area (Å²) in [7, 11) is 0. The van der Waals surface area contributed by atoms with Crippen molar-refractivity contribution in [2.75, 3.05) is 6.61 Å². The van der Waals surface area contributed by atoms with E-state index in [4.69, 9.17) is 10.5 Å². The fourth-order valence-electron chi connectivity index (χ4n) is 3.19. The number of benzene rings is 2. The minimum atomic E-state index is -0.0383. The minimum absolute atomic E-state index is 0.0383. The van der Waals surface area contributed by atoms with Crippen molar-refractivity contribution in [1.29, 1.82) is 0 Å². The van der Waals surface area contributed by atoms with E-state index in [1.54, 1.807) is 0 Å². The van der Waals surface area contributed by atoms with Crippen molar-refractivity contribution in [3.63, 3.8) is 0 Å². The summed E-state index contributed by atoms with van der Waals surface area (Å²) in [5, 5.41) is 2.52. The van der Waals surface area contributed by atoms with Crippen LogP contribution in [0, 0.1) is 12.8 Å². The summed E-state index contributed by atoms with van der Waals surface area (Å²) in [4.78, 5) is 0. The van der Waals surface area contributed by atoms with Crippen LogP contribution in [0.2, 0.25) is 0 Å². The normalized spacial score (nSPS) is 24.8. The molecule has 2 heteroatoms. The van der Waals surface area contributed by atoms with Gasteiger partial charge >= 0.3 is 0 Å². The van der Waals surface area contributed by atoms with Crippen LogP contribution in [0.1, 0.15) is 30.5 Å². The molecule has 0 radical (unpaired) electrons. The maximum Gasteiger partial charge on any atom is 0.0794 e. The van der Waals surface area contributed by atoms with Crippen molar-refractivity contribution in [2.45, 2.75) is 32.4 Å². The standard InChI is InChI=1S/C17H21NO/c1-11-7-8-13-5-3-4-6-14(13)15(11)16(18)17-12(2)9-10-19-17/h3-8,12,16-17H,9-10,18H2,1-2H3. The van der Waals surface area contributed by atoms with Crippen LogP contribution in [0.25, 0.3) is 10.8 Å². The second-order valence-electron chi connectivity index (χ2n) is 5.64. The molecule has 2 aromatic carbocycles. The third-order valence-corrected chi connectivity index (χ3v) is 4.32. The summed E-state index contributed by atoms with van der Waals surface area (Å²) in [6.07, 6.45) is 1.26. The molecule has 100 valence electrons. The van der Waals surface area contributed by atoms with E-state index in [9.17, 15) is 0 Å². The lowest BCUT2D eigenvalue weighted by atomic mass is 9.87. The molecular formula is C17H21NO. The first-order valence-electron chi connectivity index (χ1n) is 7.04. The van der Waals surface area contributed by atoms with Crippen LogP contribution in [-0.2, 0) is 4.74 Å². The van der Waals surface area contributed by atoms with Gasteiger partial charge in [0.15, 0.2) is 0 Å². The largest absolute Gasteiger partial charge is 0.376 e. The van der Waals surface area contributed by atoms with Gasteiger partial charge in [-0.1, -0.05) is 43.3 Å². The maximum absolute atomic E-state index is 6.53. The molecule has 2 N–H and O–H groups in total. The number of nitrogens with two attached hydrogens (primary N) is 1. The molecule has 19 heavy (non-hydrogen) atoms. The average molecular weight is 255 g/mol. The second-order valence-corrected chi connectivity index (χ2v) is 5.64. The Labute approximate surface area is 114 Å². The van der Waals surface area contributed by atoms with E-state index in [1.807, 2.05) is 0 Å². The summed E-state index contributed by atoms with van der Waals surface area (Å²) in [5.41, 5.74) is 9.04. The first-order chi connectivity index (χ1) is 9.18. The van der Waals surface area contributed by atoms with Gasteiger partial charge in [0.2, 0.25) is 0 Å². The second kappa shape index (κ2) is 4.95. The van der Waals surface area contributed by atoms with E-state index in [0.717, 1.165) is 13.0 Å². The lowest BCUT2D eigenvalue weighted by Crippen LogP contribution is -2.30. The molecule has 0 aromatic heterocycles. The van der Waals surface area contributed by atoms with Crippen LogP contribution >= 0.6 is 0 Å². The smallest absolute Gasteiger partial charge is 0.0794 e. The predicted octanol–water partition coefficient (Wildman–Crippen LogP) is 3.57. The highest BCUT2D eigenvalue weighted by Gasteiger charge is 2.32. The zero-order valence-corrected chi connectivity index (χ0v) is 11.6. The first kappa shape index (κ1) is 12.6. The third kappa shape index (κ3) is 2.15. The molecule has 1 saturated heterocycles. The molecule has 0 saturated carbocycles. The molecule has 1 fully saturated rings. The van der Waals surface area contributed by atoms with Gasteiger partial charge in [0.05, 0.1) is 12.1 Å². The zero-order chi connectivity index (χ0) is 13.4. The molecule has 2 aromatic rings. The Bertz CT molecular complexity index is 593. The van der Waals surface area contributed by atoms with Gasteiger partial charge in [0.25, 0.3) is 0 Å². The number of aryl methyl sites for hydroxylation is 1. The monoisotopic (exact) mass is 255 g/mol. The fraction of sp³-hybridized carbons (Fsp3) is 0.412. The van der Waals surface area contributed by atoms with E-state index in [2.05, 4.69) is 50.2 Å². The topological polar surface area (TPSA) is 35.2 Å². The maximum atomic E-state index is 6.53. The predicted molar refractivity (Wildman–Crippen MR) is 79.1 cm³/mol. The van der Waals surface area contributed by atoms with Crippen LogP contribution in [0.3, 0.4) is 0 Å². The quantitative estimate of drug-likeness (QED) is 0.890. The molecule has 0 bridgehead atoms. The van der Waals surface area contributed by atoms with Crippen molar-refractivity contribution in [2.24, 2.45) is 11.7 Å². The van der Waals surface area contributed by atoms with E-state index in [-0.39, 0.29) is 12.1 Å². The van der Waals surface area contributed by atoms with E-state index in [0.29, 0.717) is 5.92 Å². The zero-order valence-electron chi connectivity index (χ0n) is 11.6. The molecule has 2 nitrogen and oxygen atoms in total. The highest BCUT2D eigenvalue weighted by atomic mass is 16.5. The van der Waals surface area contributed by atoms with Crippen molar-refractivity contribution in [3.05, 3.63) is 47.5 Å². The number of hydrogen-bond donors (Lipinski definition) is 1. The number of hydrogen-bond acceptors (Lipinski definition) is 2. The van der Waals surface area contributed by atoms with E-state index < -0.39 is 0 Å². The Morgan fingerprint density at radius 3 is 2.74 bits per heavy atom. The highest BCUT2D eigenvalue weighted by molar-refractivity contribution is 5.87. The summed E-state index contributed by atoms with van der Waals surface area (Å²) < 4.78 is 5.86. The summed E-state index contributed by atoms with van der Waals surface area (Å²) in [6.45, 7) is 5.21. The van der Waals surface area contributed by atoms with Crippen LogP contribution in [-0.4, -0.2) is 12.7 Å². The summed E-state index contributed by atoms with van der Waals surface area (Å²) >= 11 is 0. The van der Waals surface area contributed by atoms with Gasteiger partial charge in [0, 0.05) is 6.61 Å². The van der Waals surface area contributed by atoms with Crippen molar-refractivity contribution < 1.29 is 4.74 Å². The van der Waals surface area contributed by atoms with Crippen LogP contribution < -0.4 is 5.73 Å². The molecule has 3 atom stereocenters. The molecule has 0 amide bonds. The summed E-state index contributed by atoms with van der Waals surface area (Å²) in [6, 6.07) is 12.7. The van der Waals surface area contributed by atoms with Crippen LogP contribution in [0.4, 0.5) is 0 Å². The van der Waals surface area contributed by atoms with Gasteiger partial charge in [-0.15, -0.1) is 0 Å². The van der Waals surface area contributed by atoms with Gasteiger partial charge in [0.1, 0.15) is 0 Å². The number of ether oxygens (including phenoxy) is 1. The molecular weight excluding hydrogens is 234 g/mol. The average Bonchev–Trinajstić information content (AvgIpc) is 2.84. The number of rotatable bonds is 2. The van der Waals surface area contributed by atoms with E-state index in [1.165, 1.54) is 21.9 Å². The Hall–Kier alpha value is -1.38. The molecule has 1 aliphatic heterocycles. The Balaban J connectivity index is 2.10. The Morgan fingerprint density at radius 1 is 1.21 bits per heavy atom. The van der Waals surface area contributed by atoms with Gasteiger partial charge < -0.3 is 10.5 Å². The lowest BCUT2D eigenvalue weighted by Gasteiger charge is -2.25. The van der Waals surface area contributed by atoms with E-state index >= 15 is 0 Å². The number of fused-ring (bicyclic) bond motifs is 1. The van der Waals surface area contributed by atoms with Gasteiger partial charge in [-0.25, -0.2) is 0 Å². The SMILES string of the molecule is Cc1ccc2ccccc2c1C(N)C1OCCC1C. The van der Waals surface area contributed by atoms with Crippen molar-refractivity contribution in [3.8, 4) is 0 Å². The molecule has 3 rings (SSSR count). The molecule has 0 spiro atoms. The van der Waals surface area contributed by atoms with Gasteiger partial charge in [-0.3, -0.25) is 0 Å². The molecule has 0 aliphatic carbocycles.